The molecule has 1 aromatic heterocycles. The third-order valence-electron chi connectivity index (χ3n) is 3.38. The molecule has 2 N–H and O–H groups in total. The van der Waals surface area contributed by atoms with Gasteiger partial charge in [0.25, 0.3) is 0 Å². The Morgan fingerprint density at radius 2 is 2.10 bits per heavy atom. The average Bonchev–Trinajstić information content (AvgIpc) is 2.86. The number of nitrogens with one attached hydrogen (secondary N) is 2. The summed E-state index contributed by atoms with van der Waals surface area (Å²) in [5, 5.41) is 2.95. The van der Waals surface area contributed by atoms with Gasteiger partial charge >= 0.3 is 0 Å². The molecule has 0 aliphatic rings. The summed E-state index contributed by atoms with van der Waals surface area (Å²) in [6, 6.07) is 7.97. The molecule has 0 spiro atoms. The van der Waals surface area contributed by atoms with Gasteiger partial charge in [0.2, 0.25) is 5.91 Å². The number of aromatic nitrogens is 2. The molecule has 0 bridgehead atoms. The maximum absolute atomic E-state index is 11.6. The third kappa shape index (κ3) is 4.37. The molecule has 0 saturated heterocycles. The topological polar surface area (TPSA) is 57.8 Å². The first-order chi connectivity index (χ1) is 9.79. The van der Waals surface area contributed by atoms with Gasteiger partial charge in [-0.2, -0.15) is 0 Å². The Balaban J connectivity index is 1.68. The van der Waals surface area contributed by atoms with Gasteiger partial charge in [-0.25, -0.2) is 4.98 Å². The number of benzene rings is 1. The molecule has 0 unspecified atom stereocenters. The van der Waals surface area contributed by atoms with Crippen LogP contribution in [0.1, 0.15) is 44.9 Å². The van der Waals surface area contributed by atoms with Gasteiger partial charge in [0, 0.05) is 19.4 Å². The van der Waals surface area contributed by atoms with E-state index in [0.717, 1.165) is 36.1 Å². The Morgan fingerprint density at radius 3 is 2.90 bits per heavy atom. The van der Waals surface area contributed by atoms with Gasteiger partial charge < -0.3 is 10.3 Å². The number of nitrogens with zero attached hydrogens (tertiary/aromatic N) is 1. The molecule has 0 aliphatic carbocycles. The van der Waals surface area contributed by atoms with E-state index in [2.05, 4.69) is 22.2 Å². The number of amides is 1. The number of para-hydroxylation sites is 2. The Morgan fingerprint density at radius 1 is 1.25 bits per heavy atom. The lowest BCUT2D eigenvalue weighted by molar-refractivity contribution is -0.121. The zero-order valence-corrected chi connectivity index (χ0v) is 12.1. The molecule has 1 amide bonds. The minimum Gasteiger partial charge on any atom is -0.356 e. The maximum atomic E-state index is 11.6. The highest BCUT2D eigenvalue weighted by atomic mass is 16.1. The molecule has 20 heavy (non-hydrogen) atoms. The average molecular weight is 273 g/mol. The molecule has 2 rings (SSSR count). The predicted molar refractivity (Wildman–Crippen MR) is 81.6 cm³/mol. The molecule has 2 aromatic rings. The first kappa shape index (κ1) is 14.6. The van der Waals surface area contributed by atoms with Crippen LogP contribution in [0.25, 0.3) is 11.0 Å². The number of H-pyrrole nitrogens is 1. The monoisotopic (exact) mass is 273 g/mol. The smallest absolute Gasteiger partial charge is 0.220 e. The van der Waals surface area contributed by atoms with E-state index in [-0.39, 0.29) is 5.91 Å². The van der Waals surface area contributed by atoms with E-state index in [0.29, 0.717) is 13.0 Å². The molecule has 0 atom stereocenters. The van der Waals surface area contributed by atoms with Crippen LogP contribution >= 0.6 is 0 Å². The van der Waals surface area contributed by atoms with Crippen molar-refractivity contribution in [3.63, 3.8) is 0 Å². The van der Waals surface area contributed by atoms with E-state index in [1.165, 1.54) is 12.8 Å². The number of carbonyl (C=O) groups excluding carboxylic acids is 1. The van der Waals surface area contributed by atoms with Crippen LogP contribution in [0.2, 0.25) is 0 Å². The van der Waals surface area contributed by atoms with Gasteiger partial charge in [-0.1, -0.05) is 38.3 Å². The number of fused-ring (bicyclic) bond motifs is 1. The van der Waals surface area contributed by atoms with Crippen molar-refractivity contribution in [1.29, 1.82) is 0 Å². The van der Waals surface area contributed by atoms with Crippen LogP contribution in [0.4, 0.5) is 0 Å². The van der Waals surface area contributed by atoms with Crippen LogP contribution in [0, 0.1) is 0 Å². The summed E-state index contributed by atoms with van der Waals surface area (Å²) < 4.78 is 0. The quantitative estimate of drug-likeness (QED) is 0.726. The Kier molecular flexibility index (Phi) is 5.59. The van der Waals surface area contributed by atoms with Crippen molar-refractivity contribution in [3.8, 4) is 0 Å². The van der Waals surface area contributed by atoms with Gasteiger partial charge in [-0.05, 0) is 18.6 Å². The first-order valence-electron chi connectivity index (χ1n) is 7.50. The second-order valence-electron chi connectivity index (χ2n) is 5.11. The van der Waals surface area contributed by atoms with Crippen LogP contribution in [0.3, 0.4) is 0 Å². The number of hydrogen-bond donors (Lipinski definition) is 2. The molecule has 4 nitrogen and oxygen atoms in total. The van der Waals surface area contributed by atoms with Gasteiger partial charge in [-0.3, -0.25) is 4.79 Å². The summed E-state index contributed by atoms with van der Waals surface area (Å²) in [5.74, 6) is 1.08. The fourth-order valence-electron chi connectivity index (χ4n) is 2.25. The normalized spacial score (nSPS) is 10.8. The summed E-state index contributed by atoms with van der Waals surface area (Å²) in [5.41, 5.74) is 2.03. The van der Waals surface area contributed by atoms with Crippen LogP contribution in [-0.2, 0) is 11.2 Å². The van der Waals surface area contributed by atoms with Crippen molar-refractivity contribution in [2.24, 2.45) is 0 Å². The van der Waals surface area contributed by atoms with Crippen molar-refractivity contribution >= 4 is 16.9 Å². The highest BCUT2D eigenvalue weighted by Gasteiger charge is 2.03. The third-order valence-corrected chi connectivity index (χ3v) is 3.38. The number of aromatic amines is 1. The minimum atomic E-state index is 0.150. The Bertz CT molecular complexity index is 514. The molecule has 0 saturated carbocycles. The Labute approximate surface area is 120 Å². The molecular formula is C16H23N3O. The van der Waals surface area contributed by atoms with Crippen molar-refractivity contribution in [2.45, 2.75) is 45.4 Å². The van der Waals surface area contributed by atoms with Crippen LogP contribution in [0.15, 0.2) is 24.3 Å². The van der Waals surface area contributed by atoms with Gasteiger partial charge in [-0.15, -0.1) is 0 Å². The lowest BCUT2D eigenvalue weighted by atomic mass is 10.1. The minimum absolute atomic E-state index is 0.150. The summed E-state index contributed by atoms with van der Waals surface area (Å²) in [4.78, 5) is 19.4. The summed E-state index contributed by atoms with van der Waals surface area (Å²) in [6.45, 7) is 2.82. The number of unbranched alkanes of at least 4 members (excludes halogenated alkanes) is 3. The highest BCUT2D eigenvalue weighted by Crippen LogP contribution is 2.10. The van der Waals surface area contributed by atoms with E-state index in [1.54, 1.807) is 0 Å². The van der Waals surface area contributed by atoms with E-state index in [9.17, 15) is 4.79 Å². The van der Waals surface area contributed by atoms with Crippen LogP contribution in [0.5, 0.6) is 0 Å². The molecule has 4 heteroatoms. The van der Waals surface area contributed by atoms with E-state index in [1.807, 2.05) is 24.3 Å². The fraction of sp³-hybridized carbons (Fsp3) is 0.500. The molecule has 108 valence electrons. The second kappa shape index (κ2) is 7.68. The largest absolute Gasteiger partial charge is 0.356 e. The number of hydrogen-bond acceptors (Lipinski definition) is 2. The highest BCUT2D eigenvalue weighted by molar-refractivity contribution is 5.76. The molecular weight excluding hydrogens is 250 g/mol. The van der Waals surface area contributed by atoms with Gasteiger partial charge in [0.15, 0.2) is 0 Å². The van der Waals surface area contributed by atoms with Crippen molar-refractivity contribution in [1.82, 2.24) is 15.3 Å². The van der Waals surface area contributed by atoms with Crippen molar-refractivity contribution in [3.05, 3.63) is 30.1 Å². The molecule has 1 heterocycles. The zero-order valence-electron chi connectivity index (χ0n) is 12.1. The van der Waals surface area contributed by atoms with Crippen molar-refractivity contribution < 1.29 is 4.79 Å². The fourth-order valence-corrected chi connectivity index (χ4v) is 2.25. The predicted octanol–water partition coefficient (Wildman–Crippen LogP) is 3.19. The number of rotatable bonds is 8. The summed E-state index contributed by atoms with van der Waals surface area (Å²) >= 11 is 0. The van der Waals surface area contributed by atoms with Crippen LogP contribution in [-0.4, -0.2) is 22.4 Å². The van der Waals surface area contributed by atoms with Crippen LogP contribution < -0.4 is 5.32 Å². The molecule has 0 fully saturated rings. The lowest BCUT2D eigenvalue weighted by Gasteiger charge is -2.03. The van der Waals surface area contributed by atoms with Gasteiger partial charge in [0.1, 0.15) is 5.82 Å². The number of imidazole rings is 1. The SMILES string of the molecule is CCCCCCC(=O)NCCc1nc2ccccc2[nH]1. The van der Waals surface area contributed by atoms with E-state index >= 15 is 0 Å². The standard InChI is InChI=1S/C16H23N3O/c1-2-3-4-5-10-16(20)17-12-11-15-18-13-8-6-7-9-14(13)19-15/h6-9H,2-5,10-12H2,1H3,(H,17,20)(H,18,19). The van der Waals surface area contributed by atoms with E-state index in [4.69, 9.17) is 0 Å². The number of carbonyl (C=O) groups is 1. The zero-order chi connectivity index (χ0) is 14.2. The second-order valence-corrected chi connectivity index (χ2v) is 5.11. The van der Waals surface area contributed by atoms with Crippen molar-refractivity contribution in [2.75, 3.05) is 6.54 Å². The summed E-state index contributed by atoms with van der Waals surface area (Å²) in [7, 11) is 0. The lowest BCUT2D eigenvalue weighted by Crippen LogP contribution is -2.25. The summed E-state index contributed by atoms with van der Waals surface area (Å²) in [6.07, 6.45) is 5.94. The maximum Gasteiger partial charge on any atom is 0.220 e. The molecule has 0 aliphatic heterocycles. The molecule has 1 aromatic carbocycles. The molecule has 0 radical (unpaired) electrons. The van der Waals surface area contributed by atoms with E-state index < -0.39 is 0 Å². The van der Waals surface area contributed by atoms with Gasteiger partial charge in [0.05, 0.1) is 11.0 Å². The first-order valence-corrected chi connectivity index (χ1v) is 7.50. The Hall–Kier alpha value is -1.84.